The number of hydrogen-bond acceptors (Lipinski definition) is 3. The molecular formula is C16H25N3. The van der Waals surface area contributed by atoms with Gasteiger partial charge in [0.05, 0.1) is 0 Å². The van der Waals surface area contributed by atoms with Crippen molar-refractivity contribution in [1.82, 2.24) is 10.2 Å². The molecule has 1 aromatic carbocycles. The largest absolute Gasteiger partial charge is 0.327 e. The first-order chi connectivity index (χ1) is 9.21. The van der Waals surface area contributed by atoms with Crippen molar-refractivity contribution in [1.29, 1.82) is 0 Å². The first-order valence-corrected chi connectivity index (χ1v) is 7.49. The molecule has 1 atom stereocenters. The summed E-state index contributed by atoms with van der Waals surface area (Å²) in [6.07, 6.45) is 2.50. The maximum Gasteiger partial charge on any atom is 0.0234 e. The van der Waals surface area contributed by atoms with Crippen molar-refractivity contribution in [3.8, 4) is 0 Å². The zero-order chi connectivity index (χ0) is 13.3. The van der Waals surface area contributed by atoms with Gasteiger partial charge in [-0.1, -0.05) is 24.3 Å². The molecular weight excluding hydrogens is 234 g/mol. The second kappa shape index (κ2) is 5.23. The van der Waals surface area contributed by atoms with Crippen molar-refractivity contribution < 1.29 is 0 Å². The Morgan fingerprint density at radius 3 is 2.37 bits per heavy atom. The minimum atomic E-state index is 0.270. The normalized spacial score (nSPS) is 24.1. The zero-order valence-electron chi connectivity index (χ0n) is 11.9. The van der Waals surface area contributed by atoms with Gasteiger partial charge in [-0.2, -0.15) is 0 Å². The highest BCUT2D eigenvalue weighted by molar-refractivity contribution is 5.35. The average Bonchev–Trinajstić information content (AvgIpc) is 3.22. The van der Waals surface area contributed by atoms with Crippen molar-refractivity contribution in [3.05, 3.63) is 35.4 Å². The molecule has 1 heterocycles. The van der Waals surface area contributed by atoms with Crippen LogP contribution >= 0.6 is 0 Å². The van der Waals surface area contributed by atoms with Crippen LogP contribution in [0.5, 0.6) is 0 Å². The second-order valence-corrected chi connectivity index (χ2v) is 6.17. The Labute approximate surface area is 116 Å². The van der Waals surface area contributed by atoms with E-state index in [4.69, 9.17) is 5.73 Å². The minimum Gasteiger partial charge on any atom is -0.327 e. The second-order valence-electron chi connectivity index (χ2n) is 6.17. The number of rotatable bonds is 4. The highest BCUT2D eigenvalue weighted by Crippen LogP contribution is 2.50. The molecule has 1 aliphatic heterocycles. The van der Waals surface area contributed by atoms with E-state index in [-0.39, 0.29) is 11.5 Å². The average molecular weight is 259 g/mol. The third kappa shape index (κ3) is 2.69. The van der Waals surface area contributed by atoms with Gasteiger partial charge >= 0.3 is 0 Å². The molecule has 2 aliphatic rings. The lowest BCUT2D eigenvalue weighted by molar-refractivity contribution is 0.233. The van der Waals surface area contributed by atoms with Crippen LogP contribution in [0.25, 0.3) is 0 Å². The topological polar surface area (TPSA) is 41.3 Å². The molecule has 0 aromatic heterocycles. The van der Waals surface area contributed by atoms with Gasteiger partial charge in [-0.3, -0.25) is 4.90 Å². The van der Waals surface area contributed by atoms with Gasteiger partial charge in [0.15, 0.2) is 0 Å². The lowest BCUT2D eigenvalue weighted by atomic mass is 9.89. The third-order valence-electron chi connectivity index (χ3n) is 4.80. The van der Waals surface area contributed by atoms with Gasteiger partial charge in [0.1, 0.15) is 0 Å². The van der Waals surface area contributed by atoms with Crippen LogP contribution in [0.15, 0.2) is 24.3 Å². The SMILES string of the molecule is CC(N)C1(c2ccc(CN3CCNCC3)cc2)CC1. The summed E-state index contributed by atoms with van der Waals surface area (Å²) in [4.78, 5) is 2.52. The van der Waals surface area contributed by atoms with Crippen LogP contribution in [0, 0.1) is 0 Å². The van der Waals surface area contributed by atoms with Gasteiger partial charge in [0.25, 0.3) is 0 Å². The molecule has 3 heteroatoms. The van der Waals surface area contributed by atoms with Gasteiger partial charge in [-0.15, -0.1) is 0 Å². The Kier molecular flexibility index (Phi) is 3.61. The minimum absolute atomic E-state index is 0.270. The van der Waals surface area contributed by atoms with Gasteiger partial charge in [0.2, 0.25) is 0 Å². The quantitative estimate of drug-likeness (QED) is 0.860. The van der Waals surface area contributed by atoms with Crippen LogP contribution in [0.2, 0.25) is 0 Å². The summed E-state index contributed by atoms with van der Waals surface area (Å²) in [5.74, 6) is 0. The smallest absolute Gasteiger partial charge is 0.0234 e. The molecule has 19 heavy (non-hydrogen) atoms. The summed E-state index contributed by atoms with van der Waals surface area (Å²) in [6, 6.07) is 9.45. The molecule has 0 amide bonds. The van der Waals surface area contributed by atoms with E-state index in [1.807, 2.05) is 0 Å². The highest BCUT2D eigenvalue weighted by Gasteiger charge is 2.47. The Balaban J connectivity index is 1.66. The fourth-order valence-corrected chi connectivity index (χ4v) is 3.21. The summed E-state index contributed by atoms with van der Waals surface area (Å²) in [5.41, 5.74) is 9.28. The van der Waals surface area contributed by atoms with Crippen LogP contribution in [-0.2, 0) is 12.0 Å². The lowest BCUT2D eigenvalue weighted by Crippen LogP contribution is -2.42. The van der Waals surface area contributed by atoms with Gasteiger partial charge < -0.3 is 11.1 Å². The van der Waals surface area contributed by atoms with E-state index in [0.29, 0.717) is 0 Å². The number of hydrogen-bond donors (Lipinski definition) is 2. The maximum absolute atomic E-state index is 6.14. The summed E-state index contributed by atoms with van der Waals surface area (Å²) >= 11 is 0. The molecule has 3 nitrogen and oxygen atoms in total. The van der Waals surface area contributed by atoms with Gasteiger partial charge in [-0.25, -0.2) is 0 Å². The van der Waals surface area contributed by atoms with E-state index >= 15 is 0 Å². The van der Waals surface area contributed by atoms with Gasteiger partial charge in [0, 0.05) is 44.2 Å². The molecule has 2 fully saturated rings. The molecule has 104 valence electrons. The predicted octanol–water partition coefficient (Wildman–Crippen LogP) is 1.47. The van der Waals surface area contributed by atoms with Crippen LogP contribution in [0.3, 0.4) is 0 Å². The Hall–Kier alpha value is -0.900. The predicted molar refractivity (Wildman–Crippen MR) is 79.2 cm³/mol. The maximum atomic E-state index is 6.14. The number of nitrogens with one attached hydrogen (secondary N) is 1. The van der Waals surface area contributed by atoms with E-state index in [2.05, 4.69) is 41.4 Å². The number of piperazine rings is 1. The van der Waals surface area contributed by atoms with Crippen LogP contribution in [-0.4, -0.2) is 37.1 Å². The summed E-state index contributed by atoms with van der Waals surface area (Å²) in [5, 5.41) is 3.39. The molecule has 1 aliphatic carbocycles. The molecule has 0 bridgehead atoms. The molecule has 1 saturated carbocycles. The van der Waals surface area contributed by atoms with Crippen molar-refractivity contribution >= 4 is 0 Å². The summed E-state index contributed by atoms with van der Waals surface area (Å²) in [7, 11) is 0. The van der Waals surface area contributed by atoms with Crippen molar-refractivity contribution in [2.75, 3.05) is 26.2 Å². The Bertz CT molecular complexity index is 414. The van der Waals surface area contributed by atoms with Crippen LogP contribution < -0.4 is 11.1 Å². The highest BCUT2D eigenvalue weighted by atomic mass is 15.2. The van der Waals surface area contributed by atoms with E-state index in [1.165, 1.54) is 24.0 Å². The molecule has 1 aromatic rings. The monoisotopic (exact) mass is 259 g/mol. The molecule has 3 rings (SSSR count). The van der Waals surface area contributed by atoms with E-state index in [9.17, 15) is 0 Å². The molecule has 1 unspecified atom stereocenters. The first kappa shape index (κ1) is 13.1. The van der Waals surface area contributed by atoms with E-state index in [1.54, 1.807) is 0 Å². The summed E-state index contributed by atoms with van der Waals surface area (Å²) in [6.45, 7) is 7.77. The fraction of sp³-hybridized carbons (Fsp3) is 0.625. The van der Waals surface area contributed by atoms with Crippen molar-refractivity contribution in [2.24, 2.45) is 5.73 Å². The Morgan fingerprint density at radius 2 is 1.84 bits per heavy atom. The number of nitrogens with zero attached hydrogens (tertiary/aromatic N) is 1. The Morgan fingerprint density at radius 1 is 1.21 bits per heavy atom. The standard InChI is InChI=1S/C16H25N3/c1-13(17)16(6-7-16)15-4-2-14(3-5-15)12-19-10-8-18-9-11-19/h2-5,13,18H,6-12,17H2,1H3. The molecule has 1 saturated heterocycles. The van der Waals surface area contributed by atoms with Crippen molar-refractivity contribution in [3.63, 3.8) is 0 Å². The van der Waals surface area contributed by atoms with Gasteiger partial charge in [-0.05, 0) is 30.9 Å². The van der Waals surface area contributed by atoms with E-state index < -0.39 is 0 Å². The summed E-state index contributed by atoms with van der Waals surface area (Å²) < 4.78 is 0. The first-order valence-electron chi connectivity index (χ1n) is 7.49. The lowest BCUT2D eigenvalue weighted by Gasteiger charge is -2.27. The number of nitrogens with two attached hydrogens (primary N) is 1. The van der Waals surface area contributed by atoms with Crippen molar-refractivity contribution in [2.45, 2.75) is 37.8 Å². The molecule has 0 radical (unpaired) electrons. The van der Waals surface area contributed by atoms with E-state index in [0.717, 1.165) is 32.7 Å². The zero-order valence-corrected chi connectivity index (χ0v) is 11.9. The third-order valence-corrected chi connectivity index (χ3v) is 4.80. The molecule has 3 N–H and O–H groups in total. The molecule has 0 spiro atoms. The van der Waals surface area contributed by atoms with Crippen LogP contribution in [0.1, 0.15) is 30.9 Å². The number of benzene rings is 1. The van der Waals surface area contributed by atoms with Crippen LogP contribution in [0.4, 0.5) is 0 Å². The fourth-order valence-electron chi connectivity index (χ4n) is 3.21.